The Balaban J connectivity index is 3.18. The van der Waals surface area contributed by atoms with E-state index in [-0.39, 0.29) is 0 Å². The zero-order chi connectivity index (χ0) is 19.6. The van der Waals surface area contributed by atoms with Crippen molar-refractivity contribution >= 4 is 39.5 Å². The summed E-state index contributed by atoms with van der Waals surface area (Å²) in [5.41, 5.74) is -0.171. The third-order valence-corrected chi connectivity index (χ3v) is 3.49. The average molecular weight is 415 g/mol. The minimum Gasteiger partial charge on any atom is -0.443 e. The molecule has 0 aliphatic heterocycles. The Morgan fingerprint density at radius 2 is 1.24 bits per heavy atom. The lowest BCUT2D eigenvalue weighted by Crippen LogP contribution is -2.37. The summed E-state index contributed by atoms with van der Waals surface area (Å²) in [6, 6.07) is 5.28. The van der Waals surface area contributed by atoms with Crippen molar-refractivity contribution in [3.63, 3.8) is 0 Å². The molecule has 25 heavy (non-hydrogen) atoms. The van der Waals surface area contributed by atoms with Crippen molar-refractivity contribution in [2.45, 2.75) is 52.7 Å². The standard InChI is InChI=1S/C18H27BrN2O4/c1-17(2,3)24-15(22)20(7)13-10-9-12(19)11-14(13)21(8)16(23)25-18(4,5)6/h9-11H,1-8H3. The molecule has 0 saturated heterocycles. The molecule has 0 aromatic heterocycles. The van der Waals surface area contributed by atoms with Crippen LogP contribution < -0.4 is 9.80 Å². The first kappa shape index (κ1) is 21.3. The number of hydrogen-bond acceptors (Lipinski definition) is 4. The minimum absolute atomic E-state index is 0.506. The maximum atomic E-state index is 12.4. The molecule has 6 nitrogen and oxygen atoms in total. The fourth-order valence-electron chi connectivity index (χ4n) is 1.91. The Hall–Kier alpha value is -1.76. The molecule has 0 unspecified atom stereocenters. The predicted molar refractivity (Wildman–Crippen MR) is 103 cm³/mol. The first-order valence-corrected chi connectivity index (χ1v) is 8.73. The molecular weight excluding hydrogens is 388 g/mol. The van der Waals surface area contributed by atoms with Crippen LogP contribution in [-0.2, 0) is 9.47 Å². The summed E-state index contributed by atoms with van der Waals surface area (Å²) in [7, 11) is 3.20. The first-order valence-electron chi connectivity index (χ1n) is 7.94. The summed E-state index contributed by atoms with van der Waals surface area (Å²) in [5.74, 6) is 0. The Kier molecular flexibility index (Phi) is 6.50. The number of carbonyl (C=O) groups is 2. The molecule has 1 aromatic carbocycles. The second-order valence-corrected chi connectivity index (χ2v) is 8.63. The van der Waals surface area contributed by atoms with E-state index in [1.54, 1.807) is 73.8 Å². The number of rotatable bonds is 2. The summed E-state index contributed by atoms with van der Waals surface area (Å²) in [6.45, 7) is 10.8. The van der Waals surface area contributed by atoms with Gasteiger partial charge in [0.1, 0.15) is 11.2 Å². The maximum Gasteiger partial charge on any atom is 0.414 e. The lowest BCUT2D eigenvalue weighted by molar-refractivity contribution is 0.0572. The summed E-state index contributed by atoms with van der Waals surface area (Å²) in [4.78, 5) is 27.5. The van der Waals surface area contributed by atoms with Gasteiger partial charge in [0.25, 0.3) is 0 Å². The fourth-order valence-corrected chi connectivity index (χ4v) is 2.26. The number of carbonyl (C=O) groups excluding carboxylic acids is 2. The number of benzene rings is 1. The molecule has 2 amide bonds. The molecule has 7 heteroatoms. The van der Waals surface area contributed by atoms with Crippen molar-refractivity contribution in [2.24, 2.45) is 0 Å². The fraction of sp³-hybridized carbons (Fsp3) is 0.556. The van der Waals surface area contributed by atoms with Gasteiger partial charge < -0.3 is 9.47 Å². The third kappa shape index (κ3) is 6.57. The average Bonchev–Trinajstić information content (AvgIpc) is 2.42. The first-order chi connectivity index (χ1) is 11.2. The lowest BCUT2D eigenvalue weighted by atomic mass is 10.2. The predicted octanol–water partition coefficient (Wildman–Crippen LogP) is 5.19. The number of hydrogen-bond donors (Lipinski definition) is 0. The smallest absolute Gasteiger partial charge is 0.414 e. The van der Waals surface area contributed by atoms with Crippen LogP contribution in [0, 0.1) is 0 Å². The molecule has 0 fully saturated rings. The molecule has 0 atom stereocenters. The minimum atomic E-state index is -0.616. The van der Waals surface area contributed by atoms with Gasteiger partial charge in [-0.3, -0.25) is 9.80 Å². The number of halogens is 1. The highest BCUT2D eigenvalue weighted by atomic mass is 79.9. The normalized spacial score (nSPS) is 11.7. The van der Waals surface area contributed by atoms with Crippen LogP contribution in [0.25, 0.3) is 0 Å². The number of nitrogens with zero attached hydrogens (tertiary/aromatic N) is 2. The van der Waals surface area contributed by atoms with E-state index in [4.69, 9.17) is 9.47 Å². The second-order valence-electron chi connectivity index (χ2n) is 7.71. The summed E-state index contributed by atoms with van der Waals surface area (Å²) >= 11 is 3.40. The SMILES string of the molecule is CN(C(=O)OC(C)(C)C)c1ccc(Br)cc1N(C)C(=O)OC(C)(C)C. The molecule has 0 bridgehead atoms. The highest BCUT2D eigenvalue weighted by molar-refractivity contribution is 9.10. The van der Waals surface area contributed by atoms with E-state index in [9.17, 15) is 9.59 Å². The Bertz CT molecular complexity index is 647. The van der Waals surface area contributed by atoms with Gasteiger partial charge in [0, 0.05) is 18.6 Å². The van der Waals surface area contributed by atoms with E-state index >= 15 is 0 Å². The van der Waals surface area contributed by atoms with Gasteiger partial charge in [-0.05, 0) is 59.7 Å². The van der Waals surface area contributed by atoms with E-state index in [2.05, 4.69) is 15.9 Å². The van der Waals surface area contributed by atoms with Crippen LogP contribution in [0.5, 0.6) is 0 Å². The van der Waals surface area contributed by atoms with Crippen molar-refractivity contribution in [1.82, 2.24) is 0 Å². The van der Waals surface area contributed by atoms with Crippen molar-refractivity contribution in [1.29, 1.82) is 0 Å². The van der Waals surface area contributed by atoms with Gasteiger partial charge in [0.15, 0.2) is 0 Å². The van der Waals surface area contributed by atoms with E-state index in [1.165, 1.54) is 9.80 Å². The second kappa shape index (κ2) is 7.64. The molecule has 0 radical (unpaired) electrons. The van der Waals surface area contributed by atoms with Crippen molar-refractivity contribution in [2.75, 3.05) is 23.9 Å². The van der Waals surface area contributed by atoms with Gasteiger partial charge >= 0.3 is 12.2 Å². The molecular formula is C18H27BrN2O4. The lowest BCUT2D eigenvalue weighted by Gasteiger charge is -2.29. The number of ether oxygens (including phenoxy) is 2. The molecule has 0 aliphatic carbocycles. The van der Waals surface area contributed by atoms with Crippen molar-refractivity contribution < 1.29 is 19.1 Å². The largest absolute Gasteiger partial charge is 0.443 e. The topological polar surface area (TPSA) is 59.1 Å². The van der Waals surface area contributed by atoms with Gasteiger partial charge in [0.05, 0.1) is 11.4 Å². The molecule has 0 N–H and O–H groups in total. The summed E-state index contributed by atoms with van der Waals surface area (Å²) in [6.07, 6.45) is -1.02. The quantitative estimate of drug-likeness (QED) is 0.667. The van der Waals surface area contributed by atoms with Crippen LogP contribution in [0.2, 0.25) is 0 Å². The van der Waals surface area contributed by atoms with Crippen molar-refractivity contribution in [3.05, 3.63) is 22.7 Å². The van der Waals surface area contributed by atoms with E-state index in [0.717, 1.165) is 4.47 Å². The molecule has 0 heterocycles. The van der Waals surface area contributed by atoms with E-state index < -0.39 is 23.4 Å². The Labute approximate surface area is 158 Å². The summed E-state index contributed by atoms with van der Waals surface area (Å²) < 4.78 is 11.6. The molecule has 1 aromatic rings. The van der Waals surface area contributed by atoms with Crippen LogP contribution in [-0.4, -0.2) is 37.5 Å². The Morgan fingerprint density at radius 3 is 1.64 bits per heavy atom. The molecule has 0 aliphatic rings. The van der Waals surface area contributed by atoms with Crippen LogP contribution in [0.1, 0.15) is 41.5 Å². The zero-order valence-electron chi connectivity index (χ0n) is 16.1. The maximum absolute atomic E-state index is 12.4. The van der Waals surface area contributed by atoms with Crippen molar-refractivity contribution in [3.8, 4) is 0 Å². The molecule has 1 rings (SSSR count). The van der Waals surface area contributed by atoms with E-state index in [1.807, 2.05) is 0 Å². The van der Waals surface area contributed by atoms with Gasteiger partial charge in [-0.15, -0.1) is 0 Å². The van der Waals surface area contributed by atoms with Gasteiger partial charge in [-0.1, -0.05) is 15.9 Å². The van der Waals surface area contributed by atoms with Crippen LogP contribution in [0.15, 0.2) is 22.7 Å². The van der Waals surface area contributed by atoms with Crippen LogP contribution >= 0.6 is 15.9 Å². The van der Waals surface area contributed by atoms with Gasteiger partial charge in [-0.25, -0.2) is 9.59 Å². The molecule has 140 valence electrons. The van der Waals surface area contributed by atoms with Crippen LogP contribution in [0.3, 0.4) is 0 Å². The third-order valence-electron chi connectivity index (χ3n) is 2.99. The Morgan fingerprint density at radius 1 is 0.840 bits per heavy atom. The summed E-state index contributed by atoms with van der Waals surface area (Å²) in [5, 5.41) is 0. The van der Waals surface area contributed by atoms with E-state index in [0.29, 0.717) is 11.4 Å². The zero-order valence-corrected chi connectivity index (χ0v) is 17.7. The van der Waals surface area contributed by atoms with Crippen LogP contribution in [0.4, 0.5) is 21.0 Å². The number of amides is 2. The molecule has 0 spiro atoms. The monoisotopic (exact) mass is 414 g/mol. The van der Waals surface area contributed by atoms with Gasteiger partial charge in [-0.2, -0.15) is 0 Å². The van der Waals surface area contributed by atoms with Gasteiger partial charge in [0.2, 0.25) is 0 Å². The highest BCUT2D eigenvalue weighted by Gasteiger charge is 2.26. The number of anilines is 2. The highest BCUT2D eigenvalue weighted by Crippen LogP contribution is 2.33. The molecule has 0 saturated carbocycles.